The molecule has 135 heavy (non-hydrogen) atoms. The Morgan fingerprint density at radius 3 is 1.01 bits per heavy atom. The summed E-state index contributed by atoms with van der Waals surface area (Å²) in [6.07, 6.45) is 3.72. The van der Waals surface area contributed by atoms with Crippen molar-refractivity contribution >= 4 is 56.5 Å². The summed E-state index contributed by atoms with van der Waals surface area (Å²) in [7, 11) is 0. The van der Waals surface area contributed by atoms with Crippen LogP contribution in [-0.4, -0.2) is 0 Å². The summed E-state index contributed by atoms with van der Waals surface area (Å²) in [4.78, 5) is 2.46. The van der Waals surface area contributed by atoms with E-state index in [9.17, 15) is 0 Å². The molecule has 4 aliphatic rings. The Morgan fingerprint density at radius 1 is 0.281 bits per heavy atom. The maximum absolute atomic E-state index is 6.43. The highest BCUT2D eigenvalue weighted by Crippen LogP contribution is 2.61. The van der Waals surface area contributed by atoms with Crippen LogP contribution < -0.4 is 19.7 Å². The molecule has 0 saturated heterocycles. The third-order valence-electron chi connectivity index (χ3n) is 28.4. The van der Waals surface area contributed by atoms with Crippen LogP contribution in [0.4, 0.5) is 28.4 Å². The highest BCUT2D eigenvalue weighted by Gasteiger charge is 2.49. The van der Waals surface area contributed by atoms with E-state index < -0.39 is 10.8 Å². The second-order valence-electron chi connectivity index (χ2n) is 39.3. The summed E-state index contributed by atoms with van der Waals surface area (Å²) in [6.45, 7) is 31.8. The average Bonchev–Trinajstić information content (AvgIpc) is 1.54. The summed E-state index contributed by atoms with van der Waals surface area (Å²) in [5.74, 6) is 1.69. The number of rotatable bonds is 19. The van der Waals surface area contributed by atoms with Gasteiger partial charge in [0.05, 0.1) is 10.8 Å². The topological polar surface area (TPSA) is 33.7 Å². The lowest BCUT2D eigenvalue weighted by Gasteiger charge is -2.35. The first-order chi connectivity index (χ1) is 65.5. The molecule has 5 heteroatoms. The molecule has 0 aliphatic heterocycles. The van der Waals surface area contributed by atoms with Crippen LogP contribution in [0.5, 0.6) is 11.5 Å². The van der Waals surface area contributed by atoms with Crippen LogP contribution in [-0.2, 0) is 45.7 Å². The van der Waals surface area contributed by atoms with Crippen LogP contribution in [0.2, 0.25) is 0 Å². The summed E-state index contributed by atoms with van der Waals surface area (Å²) in [6, 6.07) is 155. The molecule has 1 N–H and O–H groups in total. The molecular formula is C130H111BrN2O2. The van der Waals surface area contributed by atoms with E-state index in [0.717, 1.165) is 66.7 Å². The van der Waals surface area contributed by atoms with Gasteiger partial charge in [0, 0.05) is 43.7 Å². The van der Waals surface area contributed by atoms with Gasteiger partial charge in [-0.1, -0.05) is 438 Å². The van der Waals surface area contributed by atoms with E-state index in [1.165, 1.54) is 145 Å². The van der Waals surface area contributed by atoms with Gasteiger partial charge >= 0.3 is 0 Å². The molecule has 0 heterocycles. The van der Waals surface area contributed by atoms with Gasteiger partial charge in [-0.25, -0.2) is 0 Å². The predicted octanol–water partition coefficient (Wildman–Crippen LogP) is 34.7. The second kappa shape index (κ2) is 35.9. The van der Waals surface area contributed by atoms with E-state index in [1.807, 2.05) is 18.2 Å². The quantitative estimate of drug-likeness (QED) is 0.0875. The molecule has 4 aliphatic carbocycles. The number of benzene rings is 18. The summed E-state index contributed by atoms with van der Waals surface area (Å²) in [5, 5.41) is 3.58. The largest absolute Gasteiger partial charge is 0.489 e. The maximum Gasteiger partial charge on any atom is 0.119 e. The number of nitrogens with one attached hydrogen (secondary N) is 1. The normalized spacial score (nSPS) is 15.1. The summed E-state index contributed by atoms with van der Waals surface area (Å²) < 4.78 is 13.7. The van der Waals surface area contributed by atoms with Gasteiger partial charge in [-0.2, -0.15) is 0 Å². The minimum absolute atomic E-state index is 0.0116. The molecule has 0 radical (unpaired) electrons. The molecule has 0 saturated carbocycles. The van der Waals surface area contributed by atoms with Gasteiger partial charge in [-0.15, -0.1) is 0 Å². The van der Waals surface area contributed by atoms with Crippen molar-refractivity contribution in [1.82, 2.24) is 0 Å². The average molecular weight is 1810 g/mol. The molecule has 660 valence electrons. The molecule has 4 nitrogen and oxygen atoms in total. The van der Waals surface area contributed by atoms with Gasteiger partial charge in [0.1, 0.15) is 24.7 Å². The van der Waals surface area contributed by atoms with Crippen LogP contribution in [0.1, 0.15) is 169 Å². The smallest absolute Gasteiger partial charge is 0.119 e. The van der Waals surface area contributed by atoms with E-state index in [2.05, 4.69) is 527 Å². The van der Waals surface area contributed by atoms with Crippen molar-refractivity contribution in [3.63, 3.8) is 0 Å². The number of ether oxygens (including phenoxy) is 2. The Morgan fingerprint density at radius 2 is 0.593 bits per heavy atom. The fourth-order valence-electron chi connectivity index (χ4n) is 21.1. The van der Waals surface area contributed by atoms with Gasteiger partial charge in [0.15, 0.2) is 0 Å². The predicted molar refractivity (Wildman–Crippen MR) is 571 cm³/mol. The molecule has 0 aromatic heterocycles. The van der Waals surface area contributed by atoms with Gasteiger partial charge in [0.2, 0.25) is 0 Å². The molecule has 0 amide bonds. The molecule has 18 aromatic carbocycles. The van der Waals surface area contributed by atoms with Gasteiger partial charge in [0.25, 0.3) is 0 Å². The lowest BCUT2D eigenvalue weighted by molar-refractivity contribution is 0.306. The van der Waals surface area contributed by atoms with Crippen LogP contribution in [0, 0.1) is 0 Å². The second-order valence-corrected chi connectivity index (χ2v) is 40.2. The first-order valence-electron chi connectivity index (χ1n) is 47.1. The number of hydrogen-bond donors (Lipinski definition) is 1. The van der Waals surface area contributed by atoms with Crippen molar-refractivity contribution in [3.05, 3.63) is 542 Å². The first kappa shape index (κ1) is 88.1. The molecule has 0 spiro atoms. The third kappa shape index (κ3) is 16.5. The van der Waals surface area contributed by atoms with Crippen molar-refractivity contribution in [2.24, 2.45) is 0 Å². The fourth-order valence-corrected chi connectivity index (χ4v) is 21.5. The van der Waals surface area contributed by atoms with Crippen molar-refractivity contribution in [2.45, 2.75) is 115 Å². The zero-order chi connectivity index (χ0) is 93.0. The Hall–Kier alpha value is -14.9. The van der Waals surface area contributed by atoms with E-state index in [-0.39, 0.29) is 21.7 Å². The number of nitrogens with zero attached hydrogens (tertiary/aromatic N) is 1. The summed E-state index contributed by atoms with van der Waals surface area (Å²) >= 11 is 3.78. The van der Waals surface area contributed by atoms with E-state index >= 15 is 0 Å². The molecule has 0 bridgehead atoms. The number of fused-ring (bicyclic) bond motifs is 12. The van der Waals surface area contributed by atoms with E-state index in [1.54, 1.807) is 0 Å². The Balaban J connectivity index is 0.000000140. The minimum Gasteiger partial charge on any atom is -0.489 e. The van der Waals surface area contributed by atoms with Gasteiger partial charge < -0.3 is 19.7 Å². The molecule has 18 aromatic rings. The molecular weight excluding hydrogens is 1700 g/mol. The standard InChI is InChI=1S/C65H55NO.C38H33BrO.C27H23N/c1-7-44-21-23-45(24-22-44)43-67-54-37-31-50(32-38-54)65(49-29-27-48(28-30-49)63(2,3)4)60-20-14-12-18-56(60)58-40-36-53(42-62(58)65)66(51-33-25-47(26-34-51)46-15-9-8-10-16-46)52-35-39-57-55-17-11-13-19-59(55)64(5,6)61(57)41-52;1-5-26-10-12-27(13-11-26)25-40-32-21-18-30(19-22-32)38(29-16-14-28(15-17-29)37(2,3)4)35-9-7-6-8-33(35)34-23-20-31(39)24-36(34)38;1-27(2)25-11-7-6-10-23(25)24-17-16-22(18-26(24)27)28-21-14-12-20(13-15-21)19-8-4-3-5-9-19/h7-42H,1,43H2,2-6H3;5-24H,1,25H2,2-4H3;3-18,28H,1-2H3. The van der Waals surface area contributed by atoms with Gasteiger partial charge in [-0.05, 0) is 275 Å². The van der Waals surface area contributed by atoms with Crippen LogP contribution in [0.3, 0.4) is 0 Å². The Kier molecular flexibility index (Phi) is 23.4. The highest BCUT2D eigenvalue weighted by molar-refractivity contribution is 9.10. The fraction of sp³-hybridized carbons (Fsp3) is 0.138. The van der Waals surface area contributed by atoms with Crippen LogP contribution in [0.15, 0.2) is 442 Å². The number of halogens is 1. The molecule has 22 rings (SSSR count). The number of anilines is 5. The molecule has 2 unspecified atom stereocenters. The minimum atomic E-state index is -0.623. The third-order valence-corrected chi connectivity index (χ3v) is 28.9. The van der Waals surface area contributed by atoms with E-state index in [4.69, 9.17) is 9.47 Å². The molecule has 2 atom stereocenters. The lowest BCUT2D eigenvalue weighted by Crippen LogP contribution is -2.29. The Labute approximate surface area is 805 Å². The van der Waals surface area contributed by atoms with Crippen molar-refractivity contribution < 1.29 is 9.47 Å². The Bertz CT molecular complexity index is 7430. The number of hydrogen-bond acceptors (Lipinski definition) is 4. The van der Waals surface area contributed by atoms with Gasteiger partial charge in [-0.3, -0.25) is 0 Å². The van der Waals surface area contributed by atoms with Crippen LogP contribution in [0.25, 0.3) is 78.9 Å². The highest BCUT2D eigenvalue weighted by atomic mass is 79.9. The zero-order valence-electron chi connectivity index (χ0n) is 78.5. The van der Waals surface area contributed by atoms with Crippen molar-refractivity contribution in [2.75, 3.05) is 10.2 Å². The SMILES string of the molecule is C=Cc1ccc(COc2ccc(C3(c4ccc(C(C)(C)C)cc4)c4ccccc4-c4ccc(Br)cc43)cc2)cc1.C=Cc1ccc(COc2ccc(C3(c4ccc(C(C)(C)C)cc4)c4ccccc4-c4ccc(N(c5ccc(-c6ccccc6)cc5)c5ccc6c(c5)C(C)(C)c5ccccc5-6)cc43)cc2)cc1.CC1(C)c2ccccc2-c2ccc(Nc3ccc(-c4ccccc4)cc3)cc21. The monoisotopic (exact) mass is 1810 g/mol. The maximum atomic E-state index is 6.43. The molecule has 0 fully saturated rings. The first-order valence-corrected chi connectivity index (χ1v) is 47.9. The van der Waals surface area contributed by atoms with Crippen LogP contribution >= 0.6 is 15.9 Å². The van der Waals surface area contributed by atoms with Crippen molar-refractivity contribution in [3.8, 4) is 78.3 Å². The van der Waals surface area contributed by atoms with Crippen molar-refractivity contribution in [1.29, 1.82) is 0 Å². The van der Waals surface area contributed by atoms with E-state index in [0.29, 0.717) is 13.2 Å². The zero-order valence-corrected chi connectivity index (χ0v) is 80.1. The summed E-state index contributed by atoms with van der Waals surface area (Å²) in [5.41, 5.74) is 42.4. The lowest BCUT2D eigenvalue weighted by atomic mass is 9.67.